The van der Waals surface area contributed by atoms with Gasteiger partial charge in [-0.05, 0) is 81.4 Å². The number of carbonyl (C=O) groups excluding carboxylic acids is 1. The normalized spacial score (nSPS) is 29.3. The number of fused-ring (bicyclic) bond motifs is 2. The monoisotopic (exact) mass is 479 g/mol. The van der Waals surface area contributed by atoms with Gasteiger partial charge < -0.3 is 10.1 Å². The second-order valence-corrected chi connectivity index (χ2v) is 11.2. The van der Waals surface area contributed by atoms with Gasteiger partial charge in [-0.15, -0.1) is 0 Å². The first-order chi connectivity index (χ1) is 16.9. The maximum atomic E-state index is 15.0. The van der Waals surface area contributed by atoms with Gasteiger partial charge in [0.1, 0.15) is 18.2 Å². The van der Waals surface area contributed by atoms with E-state index in [0.29, 0.717) is 30.8 Å². The molecule has 1 N–H and O–H groups in total. The SMILES string of the molecule is C[C@H](Nc1nccc(N2C(=O)OC[C@]2(C)C2CC2)n1)c1ccc(CN2CC3CCC(C3)C2)c(F)c1. The molecule has 1 aromatic heterocycles. The highest BCUT2D eigenvalue weighted by Gasteiger charge is 2.54. The summed E-state index contributed by atoms with van der Waals surface area (Å²) in [4.78, 5) is 25.6. The van der Waals surface area contributed by atoms with Crippen molar-refractivity contribution < 1.29 is 13.9 Å². The molecule has 4 atom stereocenters. The average molecular weight is 480 g/mol. The van der Waals surface area contributed by atoms with Gasteiger partial charge in [0, 0.05) is 31.4 Å². The van der Waals surface area contributed by atoms with E-state index in [-0.39, 0.29) is 23.5 Å². The average Bonchev–Trinajstić information content (AvgIpc) is 3.58. The van der Waals surface area contributed by atoms with E-state index in [1.807, 2.05) is 19.1 Å². The summed E-state index contributed by atoms with van der Waals surface area (Å²) < 4.78 is 20.4. The summed E-state index contributed by atoms with van der Waals surface area (Å²) in [5.74, 6) is 2.79. The van der Waals surface area contributed by atoms with Crippen LogP contribution in [0.2, 0.25) is 0 Å². The summed E-state index contributed by atoms with van der Waals surface area (Å²) in [5, 5.41) is 3.28. The van der Waals surface area contributed by atoms with Crippen molar-refractivity contribution in [2.24, 2.45) is 17.8 Å². The van der Waals surface area contributed by atoms with E-state index in [9.17, 15) is 4.79 Å². The second-order valence-electron chi connectivity index (χ2n) is 11.2. The summed E-state index contributed by atoms with van der Waals surface area (Å²) in [6.07, 6.45) is 7.47. The van der Waals surface area contributed by atoms with Crippen LogP contribution in [-0.2, 0) is 11.3 Å². The Bertz CT molecular complexity index is 1110. The number of cyclic esters (lactones) is 1. The van der Waals surface area contributed by atoms with Crippen LogP contribution < -0.4 is 10.2 Å². The molecule has 0 spiro atoms. The Morgan fingerprint density at radius 1 is 1.20 bits per heavy atom. The molecule has 2 saturated heterocycles. The Morgan fingerprint density at radius 2 is 1.97 bits per heavy atom. The molecule has 0 radical (unpaired) electrons. The summed E-state index contributed by atoms with van der Waals surface area (Å²) in [5.41, 5.74) is 1.22. The topological polar surface area (TPSA) is 70.6 Å². The van der Waals surface area contributed by atoms with Gasteiger partial charge in [-0.3, -0.25) is 9.80 Å². The fourth-order valence-corrected chi connectivity index (χ4v) is 6.37. The van der Waals surface area contributed by atoms with E-state index in [1.165, 1.54) is 19.3 Å². The van der Waals surface area contributed by atoms with Crippen LogP contribution in [0.3, 0.4) is 0 Å². The van der Waals surface area contributed by atoms with Crippen molar-refractivity contribution in [1.82, 2.24) is 14.9 Å². The Labute approximate surface area is 206 Å². The van der Waals surface area contributed by atoms with E-state index in [1.54, 1.807) is 23.2 Å². The molecule has 2 aliphatic heterocycles. The molecule has 8 heteroatoms. The summed E-state index contributed by atoms with van der Waals surface area (Å²) in [6, 6.07) is 7.07. The Hall–Kier alpha value is -2.74. The zero-order chi connectivity index (χ0) is 24.2. The number of amides is 1. The van der Waals surface area contributed by atoms with Crippen LogP contribution in [0.15, 0.2) is 30.5 Å². The van der Waals surface area contributed by atoms with E-state index < -0.39 is 0 Å². The second kappa shape index (κ2) is 8.73. The maximum absolute atomic E-state index is 15.0. The minimum atomic E-state index is -0.374. The Kier molecular flexibility index (Phi) is 5.66. The van der Waals surface area contributed by atoms with Crippen LogP contribution in [0.1, 0.15) is 63.1 Å². The summed E-state index contributed by atoms with van der Waals surface area (Å²) in [6.45, 7) is 7.26. The number of carbonyl (C=O) groups is 1. The highest BCUT2D eigenvalue weighted by Crippen LogP contribution is 2.47. The van der Waals surface area contributed by atoms with Crippen molar-refractivity contribution in [3.05, 3.63) is 47.4 Å². The molecule has 2 aliphatic carbocycles. The number of hydrogen-bond acceptors (Lipinski definition) is 6. The molecule has 4 aliphatic rings. The number of nitrogens with one attached hydrogen (secondary N) is 1. The zero-order valence-electron chi connectivity index (χ0n) is 20.5. The van der Waals surface area contributed by atoms with Crippen molar-refractivity contribution in [2.45, 2.75) is 64.1 Å². The third-order valence-electron chi connectivity index (χ3n) is 8.51. The van der Waals surface area contributed by atoms with E-state index in [4.69, 9.17) is 4.74 Å². The predicted molar refractivity (Wildman–Crippen MR) is 132 cm³/mol. The van der Waals surface area contributed by atoms with E-state index in [0.717, 1.165) is 48.9 Å². The van der Waals surface area contributed by atoms with Crippen LogP contribution in [0.4, 0.5) is 21.0 Å². The molecule has 2 saturated carbocycles. The Morgan fingerprint density at radius 3 is 2.69 bits per heavy atom. The number of likely N-dealkylation sites (tertiary alicyclic amines) is 1. The van der Waals surface area contributed by atoms with Crippen LogP contribution in [0, 0.1) is 23.6 Å². The first-order valence-corrected chi connectivity index (χ1v) is 13.0. The van der Waals surface area contributed by atoms with Crippen molar-refractivity contribution in [1.29, 1.82) is 0 Å². The molecular formula is C27H34FN5O2. The van der Waals surface area contributed by atoms with Gasteiger partial charge >= 0.3 is 6.09 Å². The predicted octanol–water partition coefficient (Wildman–Crippen LogP) is 5.15. The largest absolute Gasteiger partial charge is 0.447 e. The number of anilines is 2. The summed E-state index contributed by atoms with van der Waals surface area (Å²) in [7, 11) is 0. The third kappa shape index (κ3) is 4.37. The molecule has 2 bridgehead atoms. The molecule has 6 rings (SSSR count). The third-order valence-corrected chi connectivity index (χ3v) is 8.51. The summed E-state index contributed by atoms with van der Waals surface area (Å²) >= 11 is 0. The smallest absolute Gasteiger partial charge is 0.416 e. The number of piperidine rings is 1. The number of rotatable bonds is 7. The zero-order valence-corrected chi connectivity index (χ0v) is 20.5. The van der Waals surface area contributed by atoms with Crippen molar-refractivity contribution in [2.75, 3.05) is 29.9 Å². The molecule has 7 nitrogen and oxygen atoms in total. The van der Waals surface area contributed by atoms with Crippen LogP contribution >= 0.6 is 0 Å². The van der Waals surface area contributed by atoms with Crippen molar-refractivity contribution in [3.63, 3.8) is 0 Å². The van der Waals surface area contributed by atoms with Crippen molar-refractivity contribution in [3.8, 4) is 0 Å². The molecule has 1 amide bonds. The standard InChI is InChI=1S/C27H34FN5O2/c1-17(20-5-6-21(23(28)12-20)15-32-13-18-3-4-19(11-18)14-32)30-25-29-10-9-24(31-25)33-26(34)35-16-27(33,2)22-7-8-22/h5-6,9-10,12,17-19,22H,3-4,7-8,11,13-16H2,1-2H3,(H,29,30,31)/t17-,18?,19?,27+/m0/s1. The molecule has 4 fully saturated rings. The fourth-order valence-electron chi connectivity index (χ4n) is 6.37. The molecule has 2 aromatic rings. The maximum Gasteiger partial charge on any atom is 0.416 e. The molecule has 1 aromatic carbocycles. The minimum Gasteiger partial charge on any atom is -0.447 e. The lowest BCUT2D eigenvalue weighted by Crippen LogP contribution is -2.47. The lowest BCUT2D eigenvalue weighted by atomic mass is 9.96. The first kappa shape index (κ1) is 22.7. The van der Waals surface area contributed by atoms with Gasteiger partial charge in [-0.2, -0.15) is 4.98 Å². The number of ether oxygens (including phenoxy) is 1. The van der Waals surface area contributed by atoms with E-state index in [2.05, 4.69) is 27.1 Å². The van der Waals surface area contributed by atoms with Gasteiger partial charge in [0.15, 0.2) is 0 Å². The van der Waals surface area contributed by atoms with Crippen LogP contribution in [0.5, 0.6) is 0 Å². The van der Waals surface area contributed by atoms with Crippen molar-refractivity contribution >= 4 is 17.9 Å². The van der Waals surface area contributed by atoms with Crippen LogP contribution in [0.25, 0.3) is 0 Å². The fraction of sp³-hybridized carbons (Fsp3) is 0.593. The molecule has 3 heterocycles. The Balaban J connectivity index is 1.14. The lowest BCUT2D eigenvalue weighted by molar-refractivity contribution is 0.159. The number of halogens is 1. The first-order valence-electron chi connectivity index (χ1n) is 13.0. The molecule has 35 heavy (non-hydrogen) atoms. The number of hydrogen-bond donors (Lipinski definition) is 1. The number of benzene rings is 1. The van der Waals surface area contributed by atoms with E-state index >= 15 is 4.39 Å². The number of aromatic nitrogens is 2. The number of nitrogens with zero attached hydrogens (tertiary/aromatic N) is 4. The molecule has 2 unspecified atom stereocenters. The van der Waals surface area contributed by atoms with Gasteiger partial charge in [-0.1, -0.05) is 12.1 Å². The highest BCUT2D eigenvalue weighted by atomic mass is 19.1. The van der Waals surface area contributed by atoms with Gasteiger partial charge in [0.25, 0.3) is 0 Å². The minimum absolute atomic E-state index is 0.163. The lowest BCUT2D eigenvalue weighted by Gasteiger charge is -2.32. The molecular weight excluding hydrogens is 445 g/mol. The van der Waals surface area contributed by atoms with Gasteiger partial charge in [-0.25, -0.2) is 14.2 Å². The quantitative estimate of drug-likeness (QED) is 0.593. The van der Waals surface area contributed by atoms with Gasteiger partial charge in [0.05, 0.1) is 11.6 Å². The van der Waals surface area contributed by atoms with Gasteiger partial charge in [0.2, 0.25) is 5.95 Å². The molecule has 186 valence electrons. The highest BCUT2D eigenvalue weighted by molar-refractivity contribution is 5.90. The van der Waals surface area contributed by atoms with Crippen LogP contribution in [-0.4, -0.2) is 46.2 Å².